The van der Waals surface area contributed by atoms with E-state index in [-0.39, 0.29) is 57.2 Å². The van der Waals surface area contributed by atoms with E-state index in [0.29, 0.717) is 180 Å². The fraction of sp³-hybridized carbons (Fsp3) is 0.366. The van der Waals surface area contributed by atoms with Crippen molar-refractivity contribution in [2.45, 2.75) is 244 Å². The fourth-order valence-corrected chi connectivity index (χ4v) is 19.3. The molecule has 17 rings (SSSR count). The predicted molar refractivity (Wildman–Crippen MR) is 559 cm³/mol. The summed E-state index contributed by atoms with van der Waals surface area (Å²) < 4.78 is 207. The molecular weight excluding hydrogens is 1540 g/mol. The normalized spacial score (nSPS) is 16.6. The summed E-state index contributed by atoms with van der Waals surface area (Å²) in [6.45, 7) is 52.1. The summed E-state index contributed by atoms with van der Waals surface area (Å²) in [7, 11) is 0. The molecule has 4 heterocycles. The Labute approximate surface area is 796 Å². The van der Waals surface area contributed by atoms with Crippen LogP contribution in [0.15, 0.2) is 255 Å². The van der Waals surface area contributed by atoms with Gasteiger partial charge in [0.2, 0.25) is 0 Å². The van der Waals surface area contributed by atoms with Gasteiger partial charge in [0.1, 0.15) is 0 Å². The lowest BCUT2D eigenvalue weighted by molar-refractivity contribution is 0.410. The monoisotopic (exact) mass is 1710 g/mol. The first-order valence-electron chi connectivity index (χ1n) is 55.9. The maximum atomic E-state index is 10.9. The summed E-state index contributed by atoms with van der Waals surface area (Å²) in [5.41, 5.74) is 9.37. The highest BCUT2D eigenvalue weighted by molar-refractivity contribution is 7.00. The first kappa shape index (κ1) is 67.4. The number of hydrogen-bond donors (Lipinski definition) is 0. The Morgan fingerprint density at radius 1 is 0.250 bits per heavy atom. The molecule has 0 aliphatic carbocycles. The van der Waals surface area contributed by atoms with Crippen molar-refractivity contribution in [2.24, 2.45) is 48.7 Å². The first-order valence-corrected chi connectivity index (χ1v) is 45.9. The van der Waals surface area contributed by atoms with Crippen LogP contribution in [-0.2, 0) is 57.5 Å². The molecule has 13 aromatic carbocycles. The van der Waals surface area contributed by atoms with Crippen molar-refractivity contribution in [2.75, 3.05) is 9.80 Å². The highest BCUT2D eigenvalue weighted by Gasteiger charge is 2.46. The quantitative estimate of drug-likeness (QED) is 0.0845. The van der Waals surface area contributed by atoms with E-state index in [1.165, 1.54) is 0 Å². The van der Waals surface area contributed by atoms with Crippen molar-refractivity contribution in [3.8, 4) is 55.9 Å². The molecule has 4 nitrogen and oxygen atoms in total. The SMILES string of the molecule is [2H]c1c([2H])c([2H])c2c(c1[2H])c1cc(CC(C)(C)C)ccc1n2-c1ccc2c(c1)N(c1cc(-c3cccc(C([2H])([2H])C(C)(C)C)c3)c(C([2H])([2H])C(C)(C)C)cc1-c1cccc(C([2H])([2H])C(C)(C)C)c1)c1cc(CC(C)(C)C)cc3c1B2c1ccc(-n2c4ccc(CC(C)(C)C)cc4c4c([2H])c([2H])c([2H])c([2H])c42)cc1N3c1cc(-c2cccc(C([2H])([2H])C(C)(C)C)c2)c(C([2H])([2H])C(C)(C)C)cc1-c1cccc(C([2H])([2H])C(C)(C)C)c1. The van der Waals surface area contributed by atoms with Crippen LogP contribution < -0.4 is 26.2 Å². The van der Waals surface area contributed by atoms with Crippen LogP contribution in [0.4, 0.5) is 34.1 Å². The minimum atomic E-state index is -2.22. The number of benzene rings is 13. The first-order chi connectivity index (χ1) is 67.9. The van der Waals surface area contributed by atoms with Crippen molar-refractivity contribution < 1.29 is 27.4 Å². The summed E-state index contributed by atoms with van der Waals surface area (Å²) in [6, 6.07) is 63.9. The van der Waals surface area contributed by atoms with E-state index in [0.717, 1.165) is 16.7 Å². The summed E-state index contributed by atoms with van der Waals surface area (Å²) in [6.07, 6.45) is -10.7. The van der Waals surface area contributed by atoms with E-state index < -0.39 is 107 Å². The second-order valence-electron chi connectivity index (χ2n) is 46.1. The van der Waals surface area contributed by atoms with Crippen molar-refractivity contribution >= 4 is 101 Å². The van der Waals surface area contributed by atoms with E-state index in [1.807, 2.05) is 267 Å². The molecule has 0 fully saturated rings. The third-order valence-electron chi connectivity index (χ3n) is 23.3. The van der Waals surface area contributed by atoms with Crippen LogP contribution in [0.2, 0.25) is 0 Å². The number of fused-ring (bicyclic) bond motifs is 10. The summed E-state index contributed by atoms with van der Waals surface area (Å²) >= 11 is 0. The van der Waals surface area contributed by atoms with Gasteiger partial charge in [-0.05, 0) is 303 Å². The lowest BCUT2D eigenvalue weighted by atomic mass is 9.33. The number of anilines is 6. The zero-order valence-corrected chi connectivity index (χ0v) is 80.6. The zero-order chi connectivity index (χ0) is 109. The largest absolute Gasteiger partial charge is 0.311 e. The van der Waals surface area contributed by atoms with Crippen LogP contribution in [0.3, 0.4) is 0 Å². The van der Waals surface area contributed by atoms with Gasteiger partial charge in [-0.3, -0.25) is 0 Å². The van der Waals surface area contributed by atoms with E-state index in [2.05, 4.69) is 121 Å². The Kier molecular flexibility index (Phi) is 17.2. The number of nitrogens with zero attached hydrogens (tertiary/aromatic N) is 4. The molecule has 2 aliphatic heterocycles. The van der Waals surface area contributed by atoms with Gasteiger partial charge >= 0.3 is 0 Å². The van der Waals surface area contributed by atoms with Crippen molar-refractivity contribution in [1.29, 1.82) is 0 Å². The zero-order valence-electron chi connectivity index (χ0n) is 101. The summed E-state index contributed by atoms with van der Waals surface area (Å²) in [5.74, 6) is 0. The van der Waals surface area contributed by atoms with Gasteiger partial charge < -0.3 is 18.9 Å². The van der Waals surface area contributed by atoms with Gasteiger partial charge in [0.05, 0.1) is 44.4 Å². The van der Waals surface area contributed by atoms with Crippen molar-refractivity contribution in [1.82, 2.24) is 9.13 Å². The Balaban J connectivity index is 1.14. The molecule has 2 aliphatic rings. The standard InChI is InChI=1S/C123H141BN4/c1-115(2,3)70-79-36-32-40-86(56-79)96-68-108(98(64-90(96)77-122(22,23)24)88-42-34-38-81(58-88)72-117(7,8)9)127-110-66-92(125-104-46-30-28-44-94(104)100-60-83(48-54-106(100)125)74-119(13,14)15)50-52-102(110)124-103-53-51-93(126-105-47-31-29-45-95(105)101-61-84(49-55-107(101)126)75-120(16,17)18)67-111(103)128(113-63-85(76-121(19,20)21)62-112(127)114(113)124)109-69-97(87-41-33-37-80(57-87)71-116(4,5)6)91(78-123(25,26)27)65-99(109)89-43-35-39-82(59-89)73-118(10,11)12/h28-69H,70-78H2,1-27H3/i28D,29D,30D,31D,44D,45D,46D,47D,70D2,71D2,72D2,73D2,77D2,78D2. The van der Waals surface area contributed by atoms with E-state index >= 15 is 0 Å². The van der Waals surface area contributed by atoms with Gasteiger partial charge in [0.15, 0.2) is 0 Å². The molecule has 15 aromatic rings. The molecule has 0 bridgehead atoms. The van der Waals surface area contributed by atoms with Gasteiger partial charge in [-0.1, -0.05) is 345 Å². The van der Waals surface area contributed by atoms with E-state index in [9.17, 15) is 27.4 Å². The average Bonchev–Trinajstić information content (AvgIpc) is 0.912. The Bertz CT molecular complexity index is 7490. The second-order valence-corrected chi connectivity index (χ2v) is 46.1. The number of para-hydroxylation sites is 2. The van der Waals surface area contributed by atoms with Crippen LogP contribution in [0, 0.1) is 48.7 Å². The van der Waals surface area contributed by atoms with Crippen LogP contribution >= 0.6 is 0 Å². The molecular formula is C123H141BN4. The van der Waals surface area contributed by atoms with Crippen LogP contribution in [-0.4, -0.2) is 15.8 Å². The molecule has 0 N–H and O–H groups in total. The lowest BCUT2D eigenvalue weighted by Gasteiger charge is -2.46. The van der Waals surface area contributed by atoms with Crippen molar-refractivity contribution in [3.05, 3.63) is 305 Å². The third kappa shape index (κ3) is 19.1. The minimum absolute atomic E-state index is 0.200. The molecule has 128 heavy (non-hydrogen) atoms. The minimum Gasteiger partial charge on any atom is -0.311 e. The molecule has 5 heteroatoms. The molecule has 0 amide bonds. The van der Waals surface area contributed by atoms with Gasteiger partial charge in [-0.2, -0.15) is 0 Å². The van der Waals surface area contributed by atoms with Crippen LogP contribution in [0.5, 0.6) is 0 Å². The van der Waals surface area contributed by atoms with E-state index in [1.54, 1.807) is 24.3 Å². The topological polar surface area (TPSA) is 16.3 Å². The maximum Gasteiger partial charge on any atom is 0.252 e. The number of rotatable bonds is 17. The number of hydrogen-bond acceptors (Lipinski definition) is 2. The number of aromatic nitrogens is 2. The van der Waals surface area contributed by atoms with Gasteiger partial charge in [0.25, 0.3) is 6.71 Å². The smallest absolute Gasteiger partial charge is 0.252 e. The maximum absolute atomic E-state index is 10.9. The van der Waals surface area contributed by atoms with Gasteiger partial charge in [0, 0.05) is 83.2 Å². The van der Waals surface area contributed by atoms with Crippen LogP contribution in [0.1, 0.15) is 264 Å². The Hall–Kier alpha value is -10.9. The average molecular weight is 1710 g/mol. The van der Waals surface area contributed by atoms with Crippen LogP contribution in [0.25, 0.3) is 99.5 Å². The fourth-order valence-electron chi connectivity index (χ4n) is 19.3. The molecule has 0 saturated carbocycles. The van der Waals surface area contributed by atoms with Gasteiger partial charge in [-0.15, -0.1) is 0 Å². The summed E-state index contributed by atoms with van der Waals surface area (Å²) in [4.78, 5) is 4.47. The lowest BCUT2D eigenvalue weighted by Crippen LogP contribution is -2.61. The third-order valence-corrected chi connectivity index (χ3v) is 23.3. The van der Waals surface area contributed by atoms with Crippen molar-refractivity contribution in [3.63, 3.8) is 0 Å². The molecule has 656 valence electrons. The van der Waals surface area contributed by atoms with E-state index in [4.69, 9.17) is 0 Å². The molecule has 2 aromatic heterocycles. The summed E-state index contributed by atoms with van der Waals surface area (Å²) in [5, 5.41) is 1.85. The molecule has 0 unspecified atom stereocenters. The van der Waals surface area contributed by atoms with Gasteiger partial charge in [-0.25, -0.2) is 0 Å². The predicted octanol–water partition coefficient (Wildman–Crippen LogP) is 32.9. The molecule has 0 spiro atoms. The Morgan fingerprint density at radius 3 is 0.898 bits per heavy atom. The Morgan fingerprint density at radius 2 is 0.570 bits per heavy atom. The highest BCUT2D eigenvalue weighted by atomic mass is 15.2. The molecule has 0 radical (unpaired) electrons. The molecule has 0 atom stereocenters. The molecule has 0 saturated heterocycles. The second kappa shape index (κ2) is 32.6. The highest BCUT2D eigenvalue weighted by Crippen LogP contribution is 2.54.